The third kappa shape index (κ3) is 3.13. The topological polar surface area (TPSA) is 113 Å². The summed E-state index contributed by atoms with van der Waals surface area (Å²) in [6.07, 6.45) is 1.32. The van der Waals surface area contributed by atoms with Crippen molar-refractivity contribution in [2.75, 3.05) is 12.1 Å². The highest BCUT2D eigenvalue weighted by molar-refractivity contribution is 5.91. The van der Waals surface area contributed by atoms with Crippen LogP contribution in [0.4, 0.5) is 5.69 Å². The lowest BCUT2D eigenvalue weighted by molar-refractivity contribution is -0.116. The maximum Gasteiger partial charge on any atom is 0.284 e. The van der Waals surface area contributed by atoms with Gasteiger partial charge in [-0.3, -0.25) is 14.2 Å². The van der Waals surface area contributed by atoms with E-state index < -0.39 is 5.56 Å². The zero-order valence-electron chi connectivity index (χ0n) is 15.9. The first-order valence-corrected chi connectivity index (χ1v) is 9.16. The van der Waals surface area contributed by atoms with Crippen molar-refractivity contribution in [3.63, 3.8) is 0 Å². The van der Waals surface area contributed by atoms with Gasteiger partial charge in [0, 0.05) is 11.8 Å². The lowest BCUT2D eigenvalue weighted by atomic mass is 10.2. The predicted molar refractivity (Wildman–Crippen MR) is 107 cm³/mol. The molecule has 1 amide bonds. The van der Waals surface area contributed by atoms with Gasteiger partial charge in [-0.25, -0.2) is 4.98 Å². The number of nitrogens with one attached hydrogen (secondary N) is 1. The van der Waals surface area contributed by atoms with Crippen LogP contribution in [0.3, 0.4) is 0 Å². The minimum Gasteiger partial charge on any atom is -0.454 e. The second kappa shape index (κ2) is 6.99. The van der Waals surface area contributed by atoms with Crippen molar-refractivity contribution >= 4 is 22.8 Å². The second-order valence-electron chi connectivity index (χ2n) is 6.81. The fourth-order valence-electron chi connectivity index (χ4n) is 3.22. The number of ether oxygens (including phenoxy) is 2. The third-order valence-electron chi connectivity index (χ3n) is 4.65. The molecule has 1 aliphatic rings. The Labute approximate surface area is 169 Å². The van der Waals surface area contributed by atoms with Crippen LogP contribution in [0.25, 0.3) is 16.9 Å². The molecule has 10 heteroatoms. The fraction of sp³-hybridized carbons (Fsp3) is 0.150. The molecule has 0 atom stereocenters. The van der Waals surface area contributed by atoms with Crippen molar-refractivity contribution in [2.24, 2.45) is 0 Å². The number of benzene rings is 2. The Morgan fingerprint density at radius 1 is 1.17 bits per heavy atom. The molecule has 1 N–H and O–H groups in total. The molecule has 0 saturated carbocycles. The maximum atomic E-state index is 12.8. The molecule has 3 heterocycles. The van der Waals surface area contributed by atoms with E-state index in [4.69, 9.17) is 9.47 Å². The van der Waals surface area contributed by atoms with Gasteiger partial charge in [-0.15, -0.1) is 5.10 Å². The Balaban J connectivity index is 1.39. The first kappa shape index (κ1) is 17.9. The van der Waals surface area contributed by atoms with Gasteiger partial charge in [0.05, 0.1) is 5.69 Å². The molecule has 5 rings (SSSR count). The Kier molecular flexibility index (Phi) is 4.16. The van der Waals surface area contributed by atoms with Crippen LogP contribution < -0.4 is 20.3 Å². The number of aryl methyl sites for hydroxylation is 1. The highest BCUT2D eigenvalue weighted by Crippen LogP contribution is 2.34. The summed E-state index contributed by atoms with van der Waals surface area (Å²) in [5.41, 5.74) is 2.32. The predicted octanol–water partition coefficient (Wildman–Crippen LogP) is 1.65. The molecule has 4 aromatic rings. The van der Waals surface area contributed by atoms with Crippen LogP contribution in [0.1, 0.15) is 5.56 Å². The molecule has 150 valence electrons. The summed E-state index contributed by atoms with van der Waals surface area (Å²) in [7, 11) is 0. The van der Waals surface area contributed by atoms with E-state index >= 15 is 0 Å². The lowest BCUT2D eigenvalue weighted by Crippen LogP contribution is -2.28. The number of nitrogens with zero attached hydrogens (tertiary/aromatic N) is 5. The van der Waals surface area contributed by atoms with Crippen molar-refractivity contribution in [2.45, 2.75) is 13.5 Å². The van der Waals surface area contributed by atoms with Crippen LogP contribution >= 0.6 is 0 Å². The van der Waals surface area contributed by atoms with E-state index in [2.05, 4.69) is 20.6 Å². The van der Waals surface area contributed by atoms with Crippen LogP contribution in [-0.4, -0.2) is 37.2 Å². The van der Waals surface area contributed by atoms with Crippen molar-refractivity contribution in [1.29, 1.82) is 0 Å². The molecule has 2 aromatic carbocycles. The van der Waals surface area contributed by atoms with Gasteiger partial charge in [-0.2, -0.15) is 4.68 Å². The van der Waals surface area contributed by atoms with Crippen LogP contribution in [0.2, 0.25) is 0 Å². The smallest absolute Gasteiger partial charge is 0.284 e. The summed E-state index contributed by atoms with van der Waals surface area (Å²) in [4.78, 5) is 29.5. The summed E-state index contributed by atoms with van der Waals surface area (Å²) in [5, 5.41) is 10.8. The van der Waals surface area contributed by atoms with Gasteiger partial charge in [0.15, 0.2) is 22.7 Å². The van der Waals surface area contributed by atoms with Gasteiger partial charge in [-0.1, -0.05) is 17.3 Å². The maximum absolute atomic E-state index is 12.8. The molecule has 0 radical (unpaired) electrons. The van der Waals surface area contributed by atoms with E-state index in [1.807, 2.05) is 31.2 Å². The average molecular weight is 404 g/mol. The number of rotatable bonds is 4. The fourth-order valence-corrected chi connectivity index (χ4v) is 3.22. The van der Waals surface area contributed by atoms with Crippen molar-refractivity contribution in [1.82, 2.24) is 24.5 Å². The SMILES string of the molecule is Cc1cccc(-n2nnc3c(=O)n(CC(=O)Nc4ccc5c(c4)OCO5)cnc32)c1. The van der Waals surface area contributed by atoms with Crippen LogP contribution in [-0.2, 0) is 11.3 Å². The first-order valence-electron chi connectivity index (χ1n) is 9.16. The van der Waals surface area contributed by atoms with Crippen LogP contribution in [0.5, 0.6) is 11.5 Å². The zero-order valence-corrected chi connectivity index (χ0v) is 15.9. The quantitative estimate of drug-likeness (QED) is 0.550. The van der Waals surface area contributed by atoms with E-state index in [1.165, 1.54) is 15.6 Å². The number of carbonyl (C=O) groups is 1. The summed E-state index contributed by atoms with van der Waals surface area (Å²) in [6, 6.07) is 12.7. The normalized spacial score (nSPS) is 12.3. The summed E-state index contributed by atoms with van der Waals surface area (Å²) >= 11 is 0. The number of carbonyl (C=O) groups excluding carboxylic acids is 1. The highest BCUT2D eigenvalue weighted by Gasteiger charge is 2.17. The first-order chi connectivity index (χ1) is 14.6. The number of hydrogen-bond acceptors (Lipinski definition) is 7. The number of anilines is 1. The molecule has 0 saturated heterocycles. The second-order valence-corrected chi connectivity index (χ2v) is 6.81. The molecule has 0 fully saturated rings. The minimum absolute atomic E-state index is 0.0925. The summed E-state index contributed by atoms with van der Waals surface area (Å²) in [6.45, 7) is 1.90. The van der Waals surface area contributed by atoms with E-state index in [0.29, 0.717) is 22.8 Å². The molecule has 1 aliphatic heterocycles. The van der Waals surface area contributed by atoms with Crippen LogP contribution in [0.15, 0.2) is 53.6 Å². The van der Waals surface area contributed by atoms with E-state index in [9.17, 15) is 9.59 Å². The number of amides is 1. The molecular formula is C20H16N6O4. The van der Waals surface area contributed by atoms with Gasteiger partial charge >= 0.3 is 0 Å². The van der Waals surface area contributed by atoms with Crippen molar-refractivity contribution < 1.29 is 14.3 Å². The Morgan fingerprint density at radius 3 is 2.90 bits per heavy atom. The minimum atomic E-state index is -0.445. The number of fused-ring (bicyclic) bond motifs is 2. The molecule has 0 aliphatic carbocycles. The van der Waals surface area contributed by atoms with E-state index in [1.54, 1.807) is 18.2 Å². The van der Waals surface area contributed by atoms with E-state index in [0.717, 1.165) is 11.3 Å². The molecule has 30 heavy (non-hydrogen) atoms. The number of hydrogen-bond donors (Lipinski definition) is 1. The molecular weight excluding hydrogens is 388 g/mol. The average Bonchev–Trinajstić information content (AvgIpc) is 3.37. The van der Waals surface area contributed by atoms with Gasteiger partial charge < -0.3 is 14.8 Å². The van der Waals surface area contributed by atoms with Gasteiger partial charge in [0.2, 0.25) is 12.7 Å². The Morgan fingerprint density at radius 2 is 2.03 bits per heavy atom. The zero-order chi connectivity index (χ0) is 20.7. The molecule has 10 nitrogen and oxygen atoms in total. The van der Waals surface area contributed by atoms with Crippen LogP contribution in [0, 0.1) is 6.92 Å². The molecule has 0 spiro atoms. The summed E-state index contributed by atoms with van der Waals surface area (Å²) in [5.74, 6) is 0.791. The third-order valence-corrected chi connectivity index (χ3v) is 4.65. The van der Waals surface area contributed by atoms with Crippen molar-refractivity contribution in [3.8, 4) is 17.2 Å². The molecule has 2 aromatic heterocycles. The lowest BCUT2D eigenvalue weighted by Gasteiger charge is -2.08. The monoisotopic (exact) mass is 404 g/mol. The van der Waals surface area contributed by atoms with Gasteiger partial charge in [0.1, 0.15) is 12.9 Å². The Bertz CT molecular complexity index is 1340. The number of aromatic nitrogens is 5. The van der Waals surface area contributed by atoms with Crippen molar-refractivity contribution in [3.05, 3.63) is 64.7 Å². The highest BCUT2D eigenvalue weighted by atomic mass is 16.7. The molecule has 0 unspecified atom stereocenters. The molecule has 0 bridgehead atoms. The summed E-state index contributed by atoms with van der Waals surface area (Å²) < 4.78 is 13.2. The standard InChI is InChI=1S/C20H16N6O4/c1-12-3-2-4-14(7-12)26-19-18(23-24-26)20(28)25(10-21-19)9-17(27)22-13-5-6-15-16(8-13)30-11-29-15/h2-8,10H,9,11H2,1H3,(H,22,27). The largest absolute Gasteiger partial charge is 0.454 e. The van der Waals surface area contributed by atoms with Gasteiger partial charge in [0.25, 0.3) is 5.56 Å². The van der Waals surface area contributed by atoms with Gasteiger partial charge in [-0.05, 0) is 36.8 Å². The van der Waals surface area contributed by atoms with E-state index in [-0.39, 0.29) is 24.8 Å². The Hall–Kier alpha value is -4.21.